The first-order valence-electron chi connectivity index (χ1n) is 11.8. The minimum atomic E-state index is -3.55. The summed E-state index contributed by atoms with van der Waals surface area (Å²) in [6, 6.07) is 7.41. The Morgan fingerprint density at radius 3 is 2.21 bits per heavy atom. The van der Waals surface area contributed by atoms with Gasteiger partial charge >= 0.3 is 0 Å². The van der Waals surface area contributed by atoms with Gasteiger partial charge in [0.15, 0.2) is 0 Å². The molecule has 9 nitrogen and oxygen atoms in total. The van der Waals surface area contributed by atoms with Crippen molar-refractivity contribution >= 4 is 22.0 Å². The Morgan fingerprint density at radius 2 is 1.58 bits per heavy atom. The fourth-order valence-electron chi connectivity index (χ4n) is 4.76. The Labute approximate surface area is 196 Å². The number of benzene rings is 1. The predicted octanol–water partition coefficient (Wildman–Crippen LogP) is 0.707. The first kappa shape index (κ1) is 24.1. The lowest BCUT2D eigenvalue weighted by molar-refractivity contribution is -0.148. The number of carbonyl (C=O) groups is 2. The SMILES string of the molecule is CC(C)CC(=O)N1Cc2ccccc2CC1C(=O)N1CCN(S(=O)(=O)N2CCOCC2)CC1. The van der Waals surface area contributed by atoms with Crippen LogP contribution >= 0.6 is 0 Å². The van der Waals surface area contributed by atoms with Crippen LogP contribution in [-0.4, -0.2) is 97.2 Å². The zero-order chi connectivity index (χ0) is 23.6. The molecular formula is C23H34N4O5S. The van der Waals surface area contributed by atoms with Gasteiger partial charge in [-0.05, 0) is 17.0 Å². The summed E-state index contributed by atoms with van der Waals surface area (Å²) in [6.45, 7) is 7.13. The first-order valence-corrected chi connectivity index (χ1v) is 13.1. The second-order valence-corrected chi connectivity index (χ2v) is 11.3. The molecule has 0 N–H and O–H groups in total. The maximum absolute atomic E-state index is 13.6. The number of rotatable bonds is 5. The molecule has 1 atom stereocenters. The smallest absolute Gasteiger partial charge is 0.282 e. The maximum Gasteiger partial charge on any atom is 0.282 e. The molecule has 33 heavy (non-hydrogen) atoms. The van der Waals surface area contributed by atoms with Gasteiger partial charge in [-0.3, -0.25) is 9.59 Å². The third kappa shape index (κ3) is 5.24. The minimum Gasteiger partial charge on any atom is -0.379 e. The molecule has 0 aliphatic carbocycles. The molecule has 10 heteroatoms. The van der Waals surface area contributed by atoms with Crippen molar-refractivity contribution in [1.82, 2.24) is 18.4 Å². The highest BCUT2D eigenvalue weighted by Gasteiger charge is 2.39. The maximum atomic E-state index is 13.6. The van der Waals surface area contributed by atoms with Gasteiger partial charge in [-0.15, -0.1) is 0 Å². The summed E-state index contributed by atoms with van der Waals surface area (Å²) in [6.07, 6.45) is 0.892. The van der Waals surface area contributed by atoms with Crippen LogP contribution in [-0.2, 0) is 37.5 Å². The highest BCUT2D eigenvalue weighted by molar-refractivity contribution is 7.86. The van der Waals surface area contributed by atoms with Crippen LogP contribution in [0.3, 0.4) is 0 Å². The average molecular weight is 479 g/mol. The van der Waals surface area contributed by atoms with Crippen LogP contribution in [0.25, 0.3) is 0 Å². The van der Waals surface area contributed by atoms with Crippen LogP contribution in [0, 0.1) is 5.92 Å². The van der Waals surface area contributed by atoms with Crippen molar-refractivity contribution in [2.24, 2.45) is 5.92 Å². The van der Waals surface area contributed by atoms with Crippen molar-refractivity contribution < 1.29 is 22.7 Å². The molecule has 2 saturated heterocycles. The molecule has 3 aliphatic rings. The fourth-order valence-corrected chi connectivity index (χ4v) is 6.32. The zero-order valence-corrected chi connectivity index (χ0v) is 20.3. The largest absolute Gasteiger partial charge is 0.379 e. The Kier molecular flexibility index (Phi) is 7.37. The highest BCUT2D eigenvalue weighted by Crippen LogP contribution is 2.26. The van der Waals surface area contributed by atoms with E-state index in [-0.39, 0.29) is 30.8 Å². The normalized spacial score (nSPS) is 22.9. The molecule has 4 rings (SSSR count). The van der Waals surface area contributed by atoms with E-state index >= 15 is 0 Å². The average Bonchev–Trinajstić information content (AvgIpc) is 2.83. The predicted molar refractivity (Wildman–Crippen MR) is 123 cm³/mol. The van der Waals surface area contributed by atoms with Gasteiger partial charge in [0.2, 0.25) is 11.8 Å². The number of hydrogen-bond donors (Lipinski definition) is 0. The van der Waals surface area contributed by atoms with Crippen LogP contribution in [0.5, 0.6) is 0 Å². The molecule has 182 valence electrons. The van der Waals surface area contributed by atoms with E-state index in [1.807, 2.05) is 38.1 Å². The van der Waals surface area contributed by atoms with E-state index in [4.69, 9.17) is 4.74 Å². The number of nitrogens with zero attached hydrogens (tertiary/aromatic N) is 4. The molecule has 3 heterocycles. The first-order chi connectivity index (χ1) is 15.8. The molecule has 2 fully saturated rings. The number of amides is 2. The van der Waals surface area contributed by atoms with E-state index in [1.54, 1.807) is 9.80 Å². The van der Waals surface area contributed by atoms with Crippen LogP contribution in [0.4, 0.5) is 0 Å². The third-order valence-electron chi connectivity index (χ3n) is 6.61. The molecule has 1 aromatic rings. The van der Waals surface area contributed by atoms with Gasteiger partial charge in [0.25, 0.3) is 10.2 Å². The van der Waals surface area contributed by atoms with Crippen molar-refractivity contribution in [2.75, 3.05) is 52.5 Å². The van der Waals surface area contributed by atoms with Crippen LogP contribution in [0.15, 0.2) is 24.3 Å². The number of piperazine rings is 1. The number of hydrogen-bond acceptors (Lipinski definition) is 5. The summed E-state index contributed by atoms with van der Waals surface area (Å²) in [4.78, 5) is 30.0. The van der Waals surface area contributed by atoms with Crippen molar-refractivity contribution in [2.45, 2.75) is 39.3 Å². The number of fused-ring (bicyclic) bond motifs is 1. The molecular weight excluding hydrogens is 444 g/mol. The molecule has 2 amide bonds. The van der Waals surface area contributed by atoms with E-state index in [0.29, 0.717) is 58.8 Å². The van der Waals surface area contributed by atoms with E-state index in [2.05, 4.69) is 0 Å². The van der Waals surface area contributed by atoms with Crippen molar-refractivity contribution in [3.63, 3.8) is 0 Å². The van der Waals surface area contributed by atoms with Crippen molar-refractivity contribution in [3.8, 4) is 0 Å². The Morgan fingerprint density at radius 1 is 0.970 bits per heavy atom. The van der Waals surface area contributed by atoms with Gasteiger partial charge in [-0.2, -0.15) is 17.0 Å². The van der Waals surface area contributed by atoms with Gasteiger partial charge in [0.1, 0.15) is 6.04 Å². The third-order valence-corrected chi connectivity index (χ3v) is 8.65. The highest BCUT2D eigenvalue weighted by atomic mass is 32.2. The lowest BCUT2D eigenvalue weighted by Gasteiger charge is -2.42. The van der Waals surface area contributed by atoms with Crippen molar-refractivity contribution in [3.05, 3.63) is 35.4 Å². The van der Waals surface area contributed by atoms with E-state index in [1.165, 1.54) is 8.61 Å². The molecule has 0 saturated carbocycles. The van der Waals surface area contributed by atoms with Crippen LogP contribution in [0.1, 0.15) is 31.4 Å². The summed E-state index contributed by atoms with van der Waals surface area (Å²) in [5.41, 5.74) is 2.18. The minimum absolute atomic E-state index is 0.00798. The summed E-state index contributed by atoms with van der Waals surface area (Å²) >= 11 is 0. The Bertz CT molecular complexity index is 969. The topological polar surface area (TPSA) is 90.5 Å². The zero-order valence-electron chi connectivity index (χ0n) is 19.5. The van der Waals surface area contributed by atoms with Crippen LogP contribution < -0.4 is 0 Å². The standard InChI is InChI=1S/C23H34N4O5S/c1-18(2)15-22(28)27-17-20-6-4-3-5-19(20)16-21(27)23(29)24-7-9-25(10-8-24)33(30,31)26-11-13-32-14-12-26/h3-6,18,21H,7-17H2,1-2H3. The van der Waals surface area contributed by atoms with Gasteiger partial charge in [0.05, 0.1) is 13.2 Å². The summed E-state index contributed by atoms with van der Waals surface area (Å²) in [7, 11) is -3.55. The molecule has 1 aromatic carbocycles. The van der Waals surface area contributed by atoms with E-state index < -0.39 is 16.3 Å². The molecule has 0 spiro atoms. The van der Waals surface area contributed by atoms with E-state index in [9.17, 15) is 18.0 Å². The van der Waals surface area contributed by atoms with Crippen molar-refractivity contribution in [1.29, 1.82) is 0 Å². The molecule has 0 bridgehead atoms. The second kappa shape index (κ2) is 10.1. The monoisotopic (exact) mass is 478 g/mol. The molecule has 0 aromatic heterocycles. The number of carbonyl (C=O) groups excluding carboxylic acids is 2. The lowest BCUT2D eigenvalue weighted by atomic mass is 9.92. The van der Waals surface area contributed by atoms with Gasteiger partial charge in [-0.25, -0.2) is 0 Å². The quantitative estimate of drug-likeness (QED) is 0.622. The number of ether oxygens (including phenoxy) is 1. The van der Waals surface area contributed by atoms with Gasteiger partial charge < -0.3 is 14.5 Å². The lowest BCUT2D eigenvalue weighted by Crippen LogP contribution is -2.59. The Hall–Kier alpha value is -2.01. The second-order valence-electron chi connectivity index (χ2n) is 9.35. The molecule has 3 aliphatic heterocycles. The summed E-state index contributed by atoms with van der Waals surface area (Å²) < 4.78 is 34.1. The van der Waals surface area contributed by atoms with Crippen LogP contribution in [0.2, 0.25) is 0 Å². The summed E-state index contributed by atoms with van der Waals surface area (Å²) in [5, 5.41) is 0. The molecule has 1 unspecified atom stereocenters. The van der Waals surface area contributed by atoms with Gasteiger partial charge in [-0.1, -0.05) is 38.1 Å². The number of morpholine rings is 1. The molecule has 0 radical (unpaired) electrons. The van der Waals surface area contributed by atoms with Gasteiger partial charge in [0, 0.05) is 58.7 Å². The van der Waals surface area contributed by atoms with E-state index in [0.717, 1.165) is 11.1 Å². The summed E-state index contributed by atoms with van der Waals surface area (Å²) in [5.74, 6) is 0.107. The Balaban J connectivity index is 1.45. The fraction of sp³-hybridized carbons (Fsp3) is 0.652.